The normalized spacial score (nSPS) is 19.2. The summed E-state index contributed by atoms with van der Waals surface area (Å²) >= 11 is 0. The number of halogens is 3. The van der Waals surface area contributed by atoms with Crippen molar-refractivity contribution < 1.29 is 31.4 Å². The number of fused-ring (bicyclic) bond motifs is 1. The van der Waals surface area contributed by atoms with Crippen LogP contribution in [0, 0.1) is 0 Å². The van der Waals surface area contributed by atoms with E-state index in [0.717, 1.165) is 17.0 Å². The second-order valence-corrected chi connectivity index (χ2v) is 8.23. The van der Waals surface area contributed by atoms with E-state index in [-0.39, 0.29) is 15.8 Å². The molecule has 2 unspecified atom stereocenters. The van der Waals surface area contributed by atoms with Crippen molar-refractivity contribution in [2.75, 3.05) is 11.1 Å². The number of aromatic amines is 1. The van der Waals surface area contributed by atoms with Gasteiger partial charge in [0.2, 0.25) is 10.0 Å². The Morgan fingerprint density at radius 3 is 2.53 bits per heavy atom. The Hall–Kier alpha value is -3.17. The van der Waals surface area contributed by atoms with Crippen LogP contribution in [-0.2, 0) is 20.9 Å². The number of aliphatic hydroxyl groups excluding tert-OH is 1. The van der Waals surface area contributed by atoms with Gasteiger partial charge in [0, 0.05) is 6.20 Å². The summed E-state index contributed by atoms with van der Waals surface area (Å²) in [5.74, 6) is 0. The zero-order valence-corrected chi connectivity index (χ0v) is 15.7. The Labute approximate surface area is 164 Å². The third-order valence-corrected chi connectivity index (χ3v) is 4.73. The molecule has 0 spiro atoms. The number of hydrogen-bond donors (Lipinski definition) is 3. The Morgan fingerprint density at radius 2 is 1.97 bits per heavy atom. The minimum absolute atomic E-state index is 0.141. The number of alkyl halides is 3. The number of hydrogen-bond acceptors (Lipinski definition) is 7. The quantitative estimate of drug-likeness (QED) is 0.468. The maximum atomic E-state index is 13.6. The molecule has 3 heterocycles. The molecule has 1 aliphatic rings. The van der Waals surface area contributed by atoms with Crippen LogP contribution in [0.1, 0.15) is 17.4 Å². The van der Waals surface area contributed by atoms with E-state index < -0.39 is 56.6 Å². The average molecular weight is 447 g/mol. The molecule has 3 N–H and O–H groups in total. The van der Waals surface area contributed by atoms with Crippen molar-refractivity contribution in [3.8, 4) is 5.69 Å². The van der Waals surface area contributed by atoms with Crippen LogP contribution in [0.2, 0.25) is 0 Å². The molecule has 0 aliphatic carbocycles. The minimum Gasteiger partial charge on any atom is -0.365 e. The van der Waals surface area contributed by atoms with Crippen LogP contribution >= 0.6 is 0 Å². The van der Waals surface area contributed by atoms with E-state index in [2.05, 4.69) is 9.97 Å². The average Bonchev–Trinajstić information content (AvgIpc) is 3.14. The number of benzene rings is 1. The molecule has 3 aromatic rings. The van der Waals surface area contributed by atoms with Gasteiger partial charge in [-0.2, -0.15) is 17.8 Å². The van der Waals surface area contributed by atoms with Gasteiger partial charge in [0.15, 0.2) is 12.4 Å². The molecular formula is C15H12F3N5O6S. The molecule has 2 atom stereocenters. The summed E-state index contributed by atoms with van der Waals surface area (Å²) in [7, 11) is -4.03. The first-order valence-electron chi connectivity index (χ1n) is 8.11. The number of nitrogens with one attached hydrogen (secondary N) is 2. The minimum atomic E-state index is -4.86. The molecule has 1 aromatic carbocycles. The Bertz CT molecular complexity index is 1390. The first kappa shape index (κ1) is 20.1. The molecule has 0 saturated carbocycles. The third-order valence-electron chi connectivity index (χ3n) is 4.22. The predicted molar refractivity (Wildman–Crippen MR) is 95.0 cm³/mol. The summed E-state index contributed by atoms with van der Waals surface area (Å²) in [6.07, 6.45) is -3.81. The van der Waals surface area contributed by atoms with Crippen LogP contribution in [0.3, 0.4) is 0 Å². The maximum absolute atomic E-state index is 13.6. The lowest BCUT2D eigenvalue weighted by Crippen LogP contribution is -2.43. The summed E-state index contributed by atoms with van der Waals surface area (Å²) in [5, 5.41) is 8.90. The Kier molecular flexibility index (Phi) is 4.30. The maximum Gasteiger partial charge on any atom is 0.418 e. The first-order valence-corrected chi connectivity index (χ1v) is 10.00. The monoisotopic (exact) mass is 447 g/mol. The molecule has 0 amide bonds. The molecule has 1 aliphatic heterocycles. The summed E-state index contributed by atoms with van der Waals surface area (Å²) in [6, 6.07) is 1.42. The van der Waals surface area contributed by atoms with Gasteiger partial charge in [-0.3, -0.25) is 4.79 Å². The van der Waals surface area contributed by atoms with Crippen molar-refractivity contribution >= 4 is 20.9 Å². The second kappa shape index (κ2) is 6.41. The van der Waals surface area contributed by atoms with Crippen LogP contribution in [0.15, 0.2) is 34.2 Å². The van der Waals surface area contributed by atoms with Crippen LogP contribution in [-0.4, -0.2) is 45.3 Å². The van der Waals surface area contributed by atoms with Gasteiger partial charge < -0.3 is 19.4 Å². The second-order valence-electron chi connectivity index (χ2n) is 6.50. The highest BCUT2D eigenvalue weighted by atomic mass is 32.2. The van der Waals surface area contributed by atoms with Crippen LogP contribution < -0.4 is 16.1 Å². The number of H-pyrrole nitrogens is 1. The van der Waals surface area contributed by atoms with E-state index in [1.165, 1.54) is 6.20 Å². The topological polar surface area (TPSA) is 152 Å². The van der Waals surface area contributed by atoms with Gasteiger partial charge in [-0.1, -0.05) is 0 Å². The fourth-order valence-electron chi connectivity index (χ4n) is 2.88. The van der Waals surface area contributed by atoms with Crippen LogP contribution in [0.5, 0.6) is 0 Å². The number of epoxide rings is 1. The standard InChI is InChI=1S/C15H12F3N5O6S/c1-30(27,28)21-23-12(24)6-2-10(22-4-9(19-5-22)11-13(25)29-11)7(15(16,17)18)3-8(6)20-14(23)26/h2-5,11,13,21,25H,1H3,(H,20,26). The molecule has 1 fully saturated rings. The number of imidazole rings is 1. The zero-order valence-electron chi connectivity index (χ0n) is 14.8. The molecule has 2 aromatic heterocycles. The molecule has 1 saturated heterocycles. The zero-order chi connectivity index (χ0) is 22.0. The van der Waals surface area contributed by atoms with Gasteiger partial charge in [-0.05, 0) is 12.1 Å². The third kappa shape index (κ3) is 3.57. The van der Waals surface area contributed by atoms with E-state index in [0.29, 0.717) is 12.3 Å². The fourth-order valence-corrected chi connectivity index (χ4v) is 3.38. The van der Waals surface area contributed by atoms with Crippen molar-refractivity contribution in [1.82, 2.24) is 19.2 Å². The number of sulfonamides is 1. The van der Waals surface area contributed by atoms with E-state index in [9.17, 15) is 36.3 Å². The molecular weight excluding hydrogens is 435 g/mol. The van der Waals surface area contributed by atoms with Crippen molar-refractivity contribution in [3.05, 3.63) is 56.8 Å². The van der Waals surface area contributed by atoms with Crippen molar-refractivity contribution in [1.29, 1.82) is 0 Å². The number of nitrogens with zero attached hydrogens (tertiary/aromatic N) is 3. The van der Waals surface area contributed by atoms with Crippen molar-refractivity contribution in [2.24, 2.45) is 0 Å². The van der Waals surface area contributed by atoms with Crippen molar-refractivity contribution in [2.45, 2.75) is 18.6 Å². The van der Waals surface area contributed by atoms with Gasteiger partial charge in [0.25, 0.3) is 5.56 Å². The van der Waals surface area contributed by atoms with Crippen LogP contribution in [0.25, 0.3) is 16.6 Å². The molecule has 0 bridgehead atoms. The molecule has 30 heavy (non-hydrogen) atoms. The lowest BCUT2D eigenvalue weighted by molar-refractivity contribution is -0.137. The largest absolute Gasteiger partial charge is 0.418 e. The Morgan fingerprint density at radius 1 is 1.30 bits per heavy atom. The number of rotatable bonds is 4. The SMILES string of the molecule is CS(=O)(=O)Nn1c(=O)[nH]c2cc(C(F)(F)F)c(-n3cnc(C4OC4O)c3)cc2c1=O. The van der Waals surface area contributed by atoms with E-state index in [1.54, 1.807) is 4.83 Å². The number of aliphatic hydroxyl groups is 1. The summed E-state index contributed by atoms with van der Waals surface area (Å²) in [6.45, 7) is 0. The molecule has 15 heteroatoms. The van der Waals surface area contributed by atoms with E-state index in [1.807, 2.05) is 0 Å². The van der Waals surface area contributed by atoms with Gasteiger partial charge in [-0.25, -0.2) is 23.0 Å². The molecule has 4 rings (SSSR count). The highest BCUT2D eigenvalue weighted by molar-refractivity contribution is 7.91. The lowest BCUT2D eigenvalue weighted by Gasteiger charge is -2.15. The number of ether oxygens (including phenoxy) is 1. The van der Waals surface area contributed by atoms with Gasteiger partial charge in [0.1, 0.15) is 0 Å². The Balaban J connectivity index is 1.97. The molecule has 160 valence electrons. The van der Waals surface area contributed by atoms with Gasteiger partial charge >= 0.3 is 11.9 Å². The predicted octanol–water partition coefficient (Wildman–Crippen LogP) is -0.213. The van der Waals surface area contributed by atoms with Gasteiger partial charge in [0.05, 0.1) is 40.4 Å². The molecule has 11 nitrogen and oxygen atoms in total. The highest BCUT2D eigenvalue weighted by Crippen LogP contribution is 2.38. The fraction of sp³-hybridized carbons (Fsp3) is 0.267. The summed E-state index contributed by atoms with van der Waals surface area (Å²) in [5.41, 5.74) is -4.37. The van der Waals surface area contributed by atoms with Crippen LogP contribution in [0.4, 0.5) is 13.2 Å². The smallest absolute Gasteiger partial charge is 0.365 e. The molecule has 0 radical (unpaired) electrons. The highest BCUT2D eigenvalue weighted by Gasteiger charge is 2.41. The van der Waals surface area contributed by atoms with Gasteiger partial charge in [-0.15, -0.1) is 0 Å². The summed E-state index contributed by atoms with van der Waals surface area (Å²) < 4.78 is 69.6. The first-order chi connectivity index (χ1) is 13.8. The number of aromatic nitrogens is 4. The lowest BCUT2D eigenvalue weighted by atomic mass is 10.1. The van der Waals surface area contributed by atoms with E-state index >= 15 is 0 Å². The van der Waals surface area contributed by atoms with Crippen molar-refractivity contribution in [3.63, 3.8) is 0 Å². The summed E-state index contributed by atoms with van der Waals surface area (Å²) in [4.78, 5) is 32.2. The van der Waals surface area contributed by atoms with E-state index in [4.69, 9.17) is 4.74 Å².